The fraction of sp³-hybridized carbons (Fsp3) is 0.714. The normalized spacial score (nSPS) is 28.4. The Labute approximate surface area is 97.0 Å². The molecule has 0 bridgehead atoms. The zero-order valence-electron chi connectivity index (χ0n) is 8.57. The standard InChI is InChI=1S/C7H12N4O3S2/c1-11-6(8)9-10-7(11)15-5-3-16(13,14)2-4(5)12/h4-5,12H,2-3H2,1H3,(H2,8,9). The fourth-order valence-corrected chi connectivity index (χ4v) is 4.96. The lowest BCUT2D eigenvalue weighted by Gasteiger charge is -2.10. The second-order valence-electron chi connectivity index (χ2n) is 3.70. The number of nitrogen functional groups attached to an aromatic ring is 1. The van der Waals surface area contributed by atoms with Gasteiger partial charge in [0.25, 0.3) is 0 Å². The van der Waals surface area contributed by atoms with E-state index in [4.69, 9.17) is 5.73 Å². The van der Waals surface area contributed by atoms with Gasteiger partial charge in [-0.1, -0.05) is 11.8 Å². The molecule has 0 radical (unpaired) electrons. The molecule has 9 heteroatoms. The minimum Gasteiger partial charge on any atom is -0.391 e. The van der Waals surface area contributed by atoms with Crippen LogP contribution in [0.25, 0.3) is 0 Å². The number of hydrogen-bond donors (Lipinski definition) is 2. The molecule has 0 aromatic carbocycles. The molecule has 1 fully saturated rings. The van der Waals surface area contributed by atoms with E-state index >= 15 is 0 Å². The van der Waals surface area contributed by atoms with Crippen LogP contribution in [-0.4, -0.2) is 51.1 Å². The topological polar surface area (TPSA) is 111 Å². The maximum atomic E-state index is 11.3. The lowest BCUT2D eigenvalue weighted by Crippen LogP contribution is -2.20. The average Bonchev–Trinajstić information content (AvgIpc) is 2.60. The van der Waals surface area contributed by atoms with Gasteiger partial charge >= 0.3 is 0 Å². The van der Waals surface area contributed by atoms with Gasteiger partial charge in [0.1, 0.15) is 0 Å². The van der Waals surface area contributed by atoms with Crippen molar-refractivity contribution in [2.45, 2.75) is 16.5 Å². The summed E-state index contributed by atoms with van der Waals surface area (Å²) >= 11 is 1.19. The molecule has 1 aliphatic heterocycles. The van der Waals surface area contributed by atoms with Crippen molar-refractivity contribution in [3.05, 3.63) is 0 Å². The van der Waals surface area contributed by atoms with Crippen LogP contribution in [0.5, 0.6) is 0 Å². The first-order valence-corrected chi connectivity index (χ1v) is 7.29. The summed E-state index contributed by atoms with van der Waals surface area (Å²) in [6.45, 7) is 0. The predicted molar refractivity (Wildman–Crippen MR) is 59.7 cm³/mol. The van der Waals surface area contributed by atoms with Crippen LogP contribution in [0, 0.1) is 0 Å². The van der Waals surface area contributed by atoms with Crippen molar-refractivity contribution >= 4 is 27.5 Å². The lowest BCUT2D eigenvalue weighted by atomic mass is 10.3. The number of hydrogen-bond acceptors (Lipinski definition) is 7. The summed E-state index contributed by atoms with van der Waals surface area (Å²) in [6.07, 6.45) is -0.854. The van der Waals surface area contributed by atoms with Crippen molar-refractivity contribution in [2.75, 3.05) is 17.2 Å². The number of nitrogens with two attached hydrogens (primary N) is 1. The summed E-state index contributed by atoms with van der Waals surface area (Å²) in [5, 5.41) is 17.2. The van der Waals surface area contributed by atoms with Gasteiger partial charge < -0.3 is 10.8 Å². The molecule has 1 saturated heterocycles. The van der Waals surface area contributed by atoms with Crippen LogP contribution in [0.15, 0.2) is 5.16 Å². The van der Waals surface area contributed by atoms with Crippen LogP contribution in [0.4, 0.5) is 5.95 Å². The number of thioether (sulfide) groups is 1. The maximum Gasteiger partial charge on any atom is 0.222 e. The highest BCUT2D eigenvalue weighted by Gasteiger charge is 2.37. The Morgan fingerprint density at radius 2 is 2.19 bits per heavy atom. The van der Waals surface area contributed by atoms with Crippen LogP contribution >= 0.6 is 11.8 Å². The van der Waals surface area contributed by atoms with Gasteiger partial charge in [0.05, 0.1) is 22.9 Å². The Balaban J connectivity index is 2.14. The van der Waals surface area contributed by atoms with Gasteiger partial charge in [-0.3, -0.25) is 4.57 Å². The van der Waals surface area contributed by atoms with Crippen LogP contribution in [0.2, 0.25) is 0 Å². The Morgan fingerprint density at radius 3 is 2.62 bits per heavy atom. The van der Waals surface area contributed by atoms with Gasteiger partial charge in [-0.05, 0) is 0 Å². The van der Waals surface area contributed by atoms with Gasteiger partial charge in [0.2, 0.25) is 5.95 Å². The highest BCUT2D eigenvalue weighted by Crippen LogP contribution is 2.30. The van der Waals surface area contributed by atoms with E-state index in [2.05, 4.69) is 10.2 Å². The third kappa shape index (κ3) is 2.15. The van der Waals surface area contributed by atoms with E-state index in [1.165, 1.54) is 11.8 Å². The Hall–Kier alpha value is -0.800. The molecule has 1 aliphatic rings. The van der Waals surface area contributed by atoms with Crippen molar-refractivity contribution in [2.24, 2.45) is 7.05 Å². The van der Waals surface area contributed by atoms with Crippen LogP contribution in [0.1, 0.15) is 0 Å². The Morgan fingerprint density at radius 1 is 1.50 bits per heavy atom. The maximum absolute atomic E-state index is 11.3. The van der Waals surface area contributed by atoms with E-state index in [1.807, 2.05) is 0 Å². The van der Waals surface area contributed by atoms with E-state index in [0.29, 0.717) is 5.16 Å². The van der Waals surface area contributed by atoms with Crippen molar-refractivity contribution in [3.8, 4) is 0 Å². The minimum atomic E-state index is -3.13. The fourth-order valence-electron chi connectivity index (χ4n) is 1.47. The predicted octanol–water partition coefficient (Wildman–Crippen LogP) is -1.35. The van der Waals surface area contributed by atoms with Crippen molar-refractivity contribution in [1.29, 1.82) is 0 Å². The van der Waals surface area contributed by atoms with E-state index in [0.717, 1.165) is 0 Å². The van der Waals surface area contributed by atoms with Crippen LogP contribution in [0.3, 0.4) is 0 Å². The zero-order valence-corrected chi connectivity index (χ0v) is 10.2. The molecular weight excluding hydrogens is 252 g/mol. The summed E-state index contributed by atoms with van der Waals surface area (Å²) in [5.74, 6) is 0.0432. The van der Waals surface area contributed by atoms with E-state index < -0.39 is 21.2 Å². The second-order valence-corrected chi connectivity index (χ2v) is 7.06. The third-order valence-corrected chi connectivity index (χ3v) is 5.67. The Kier molecular flexibility index (Phi) is 2.84. The Bertz CT molecular complexity index is 498. The molecule has 16 heavy (non-hydrogen) atoms. The molecule has 7 nitrogen and oxygen atoms in total. The number of rotatable bonds is 2. The highest BCUT2D eigenvalue weighted by atomic mass is 32.2. The first-order valence-electron chi connectivity index (χ1n) is 4.59. The zero-order chi connectivity index (χ0) is 11.9. The van der Waals surface area contributed by atoms with Gasteiger partial charge in [0.15, 0.2) is 15.0 Å². The summed E-state index contributed by atoms with van der Waals surface area (Å²) in [6, 6.07) is 0. The van der Waals surface area contributed by atoms with E-state index in [-0.39, 0.29) is 17.5 Å². The SMILES string of the molecule is Cn1c(N)nnc1SC1CS(=O)(=O)CC1O. The molecule has 3 N–H and O–H groups in total. The van der Waals surface area contributed by atoms with Gasteiger partial charge in [-0.25, -0.2) is 8.42 Å². The molecule has 0 amide bonds. The molecule has 0 spiro atoms. The molecule has 2 heterocycles. The highest BCUT2D eigenvalue weighted by molar-refractivity contribution is 8.01. The summed E-state index contributed by atoms with van der Waals surface area (Å²) in [7, 11) is -1.44. The van der Waals surface area contributed by atoms with Crippen LogP contribution < -0.4 is 5.73 Å². The number of aliphatic hydroxyl groups excluding tert-OH is 1. The third-order valence-electron chi connectivity index (χ3n) is 2.40. The molecule has 1 aromatic rings. The first-order chi connectivity index (χ1) is 7.39. The molecule has 2 atom stereocenters. The molecule has 1 aromatic heterocycles. The van der Waals surface area contributed by atoms with Crippen molar-refractivity contribution < 1.29 is 13.5 Å². The number of nitrogens with zero attached hydrogens (tertiary/aromatic N) is 3. The number of sulfone groups is 1. The van der Waals surface area contributed by atoms with Crippen LogP contribution in [-0.2, 0) is 16.9 Å². The largest absolute Gasteiger partial charge is 0.391 e. The lowest BCUT2D eigenvalue weighted by molar-refractivity contribution is 0.207. The van der Waals surface area contributed by atoms with E-state index in [9.17, 15) is 13.5 Å². The quantitative estimate of drug-likeness (QED) is 0.679. The van der Waals surface area contributed by atoms with Gasteiger partial charge in [-0.2, -0.15) is 0 Å². The smallest absolute Gasteiger partial charge is 0.222 e. The second kappa shape index (κ2) is 3.90. The molecule has 0 saturated carbocycles. The first kappa shape index (κ1) is 11.7. The van der Waals surface area contributed by atoms with Gasteiger partial charge in [0, 0.05) is 7.05 Å². The average molecular weight is 264 g/mol. The van der Waals surface area contributed by atoms with Crippen molar-refractivity contribution in [1.82, 2.24) is 14.8 Å². The number of aromatic nitrogens is 3. The summed E-state index contributed by atoms with van der Waals surface area (Å²) in [4.78, 5) is 0. The monoisotopic (exact) mass is 264 g/mol. The van der Waals surface area contributed by atoms with Gasteiger partial charge in [-0.15, -0.1) is 10.2 Å². The number of anilines is 1. The molecule has 2 unspecified atom stereocenters. The molecule has 0 aliphatic carbocycles. The summed E-state index contributed by atoms with van der Waals surface area (Å²) < 4.78 is 24.1. The molecule has 90 valence electrons. The minimum absolute atomic E-state index is 0.0361. The molecule has 2 rings (SSSR count). The summed E-state index contributed by atoms with van der Waals surface area (Å²) in [5.41, 5.74) is 5.50. The molecular formula is C7H12N4O3S2. The van der Waals surface area contributed by atoms with Crippen molar-refractivity contribution in [3.63, 3.8) is 0 Å². The number of aliphatic hydroxyl groups is 1. The van der Waals surface area contributed by atoms with E-state index in [1.54, 1.807) is 11.6 Å².